The molecule has 0 aliphatic heterocycles. The Labute approximate surface area is 238 Å². The van der Waals surface area contributed by atoms with Crippen molar-refractivity contribution in [1.29, 1.82) is 0 Å². The largest absolute Gasteiger partial charge is 0.462 e. The van der Waals surface area contributed by atoms with Crippen molar-refractivity contribution in [3.8, 4) is 0 Å². The Bertz CT molecular complexity index is 1130. The van der Waals surface area contributed by atoms with Gasteiger partial charge in [0.25, 0.3) is 10.1 Å². The molecule has 0 aromatic heterocycles. The van der Waals surface area contributed by atoms with Gasteiger partial charge in [-0.05, 0) is 122 Å². The lowest BCUT2D eigenvalue weighted by molar-refractivity contribution is -0.251. The van der Waals surface area contributed by atoms with Crippen LogP contribution in [-0.4, -0.2) is 33.4 Å². The van der Waals surface area contributed by atoms with Crippen molar-refractivity contribution in [2.24, 2.45) is 56.7 Å². The Balaban J connectivity index is 1.50. The van der Waals surface area contributed by atoms with Crippen molar-refractivity contribution < 1.29 is 22.1 Å². The zero-order valence-corrected chi connectivity index (χ0v) is 26.7. The van der Waals surface area contributed by atoms with Crippen LogP contribution in [0.5, 0.6) is 0 Å². The van der Waals surface area contributed by atoms with Gasteiger partial charge in [0.2, 0.25) is 0 Å². The number of esters is 1. The average molecular weight is 563 g/mol. The lowest BCUT2D eigenvalue weighted by atomic mass is 9.32. The normalized spacial score (nSPS) is 48.7. The van der Waals surface area contributed by atoms with Crippen LogP contribution in [0.4, 0.5) is 0 Å². The molecule has 0 N–H and O–H groups in total. The maximum atomic E-state index is 12.1. The summed E-state index contributed by atoms with van der Waals surface area (Å²) in [7, 11) is -3.48. The molecule has 10 atom stereocenters. The van der Waals surface area contributed by atoms with E-state index in [2.05, 4.69) is 48.1 Å². The maximum absolute atomic E-state index is 12.1. The van der Waals surface area contributed by atoms with Crippen molar-refractivity contribution in [2.45, 2.75) is 119 Å². The van der Waals surface area contributed by atoms with Crippen LogP contribution in [-0.2, 0) is 23.8 Å². The molecule has 0 aromatic carbocycles. The molecule has 0 amide bonds. The number of carbonyl (C=O) groups is 1. The first kappa shape index (κ1) is 29.6. The van der Waals surface area contributed by atoms with Gasteiger partial charge >= 0.3 is 5.97 Å². The maximum Gasteiger partial charge on any atom is 0.302 e. The molecule has 5 fully saturated rings. The molecule has 0 heterocycles. The predicted octanol–water partition coefficient (Wildman–Crippen LogP) is 7.55. The van der Waals surface area contributed by atoms with Gasteiger partial charge in [-0.3, -0.25) is 8.98 Å². The lowest BCUT2D eigenvalue weighted by Gasteiger charge is -2.73. The van der Waals surface area contributed by atoms with E-state index in [4.69, 9.17) is 8.92 Å². The molecular weight excluding hydrogens is 508 g/mol. The van der Waals surface area contributed by atoms with Gasteiger partial charge in [-0.1, -0.05) is 46.8 Å². The summed E-state index contributed by atoms with van der Waals surface area (Å²) in [6.07, 6.45) is 12.5. The summed E-state index contributed by atoms with van der Waals surface area (Å²) >= 11 is 0. The highest BCUT2D eigenvalue weighted by molar-refractivity contribution is 7.85. The Kier molecular flexibility index (Phi) is 7.07. The molecular formula is C33H54O5S. The van der Waals surface area contributed by atoms with Gasteiger partial charge in [-0.2, -0.15) is 8.42 Å². The Morgan fingerprint density at radius 2 is 1.54 bits per heavy atom. The molecule has 39 heavy (non-hydrogen) atoms. The number of ether oxygens (including phenoxy) is 1. The molecule has 222 valence electrons. The summed E-state index contributed by atoms with van der Waals surface area (Å²) in [6, 6.07) is 0. The number of hydrogen-bond acceptors (Lipinski definition) is 5. The fraction of sp³-hybridized carbons (Fsp3) is 0.909. The van der Waals surface area contributed by atoms with Crippen LogP contribution in [0.25, 0.3) is 0 Å². The summed E-state index contributed by atoms with van der Waals surface area (Å²) in [5, 5.41) is 0. The van der Waals surface area contributed by atoms with Crippen molar-refractivity contribution >= 4 is 16.1 Å². The van der Waals surface area contributed by atoms with Gasteiger partial charge in [-0.25, -0.2) is 0 Å². The highest BCUT2D eigenvalue weighted by atomic mass is 32.2. The first-order valence-corrected chi connectivity index (χ1v) is 17.4. The van der Waals surface area contributed by atoms with Crippen molar-refractivity contribution in [1.82, 2.24) is 0 Å². The van der Waals surface area contributed by atoms with E-state index in [0.717, 1.165) is 38.5 Å². The molecule has 5 nitrogen and oxygen atoms in total. The molecule has 0 bridgehead atoms. The number of rotatable bonds is 5. The van der Waals surface area contributed by atoms with Crippen molar-refractivity contribution in [2.75, 3.05) is 12.9 Å². The third-order valence-electron chi connectivity index (χ3n) is 14.0. The van der Waals surface area contributed by atoms with E-state index in [9.17, 15) is 13.2 Å². The van der Waals surface area contributed by atoms with Crippen molar-refractivity contribution in [3.05, 3.63) is 12.2 Å². The minimum atomic E-state index is -3.48. The van der Waals surface area contributed by atoms with Crippen molar-refractivity contribution in [3.63, 3.8) is 0 Å². The quantitative estimate of drug-likeness (QED) is 0.197. The first-order valence-electron chi connectivity index (χ1n) is 15.6. The van der Waals surface area contributed by atoms with E-state index in [1.807, 2.05) is 0 Å². The van der Waals surface area contributed by atoms with E-state index in [-0.39, 0.29) is 39.1 Å². The van der Waals surface area contributed by atoms with Crippen LogP contribution in [0.1, 0.15) is 113 Å². The topological polar surface area (TPSA) is 69.7 Å². The molecule has 0 unspecified atom stereocenters. The third-order valence-corrected chi connectivity index (χ3v) is 14.6. The number of carbonyl (C=O) groups excluding carboxylic acids is 1. The summed E-state index contributed by atoms with van der Waals surface area (Å²) in [6.45, 7) is 21.0. The van der Waals surface area contributed by atoms with Crippen LogP contribution >= 0.6 is 0 Å². The van der Waals surface area contributed by atoms with E-state index in [1.165, 1.54) is 37.5 Å². The Morgan fingerprint density at radius 3 is 2.15 bits per heavy atom. The van der Waals surface area contributed by atoms with Gasteiger partial charge < -0.3 is 4.74 Å². The summed E-state index contributed by atoms with van der Waals surface area (Å²) in [4.78, 5) is 11.9. The van der Waals surface area contributed by atoms with E-state index in [0.29, 0.717) is 36.2 Å². The molecule has 0 aromatic rings. The zero-order valence-electron chi connectivity index (χ0n) is 25.9. The number of fused-ring (bicyclic) bond motifs is 7. The SMILES string of the molecule is C=C(C)[C@@H]1CC[C@]2(COS(C)(=O)=O)CC[C@]3(C)[C@H](CC[C@@H]4[C@@]5(C)CC[C@H](OC(C)=O)C(C)(C)[C@@H]5CC[C@]43C)[C@@H]12. The molecule has 6 heteroatoms. The zero-order chi connectivity index (χ0) is 28.8. The van der Waals surface area contributed by atoms with Crippen LogP contribution in [0.2, 0.25) is 0 Å². The average Bonchev–Trinajstić information content (AvgIpc) is 3.20. The predicted molar refractivity (Wildman–Crippen MR) is 155 cm³/mol. The second-order valence-electron chi connectivity index (χ2n) is 16.0. The molecule has 5 aliphatic carbocycles. The van der Waals surface area contributed by atoms with Crippen LogP contribution in [0, 0.1) is 56.7 Å². The summed E-state index contributed by atoms with van der Waals surface area (Å²) in [5.41, 5.74) is 1.84. The van der Waals surface area contributed by atoms with Gasteiger partial charge in [-0.15, -0.1) is 0 Å². The highest BCUT2D eigenvalue weighted by Crippen LogP contribution is 2.77. The number of hydrogen-bond donors (Lipinski definition) is 0. The highest BCUT2D eigenvalue weighted by Gasteiger charge is 2.71. The van der Waals surface area contributed by atoms with Gasteiger partial charge in [0.05, 0.1) is 12.9 Å². The second-order valence-corrected chi connectivity index (χ2v) is 17.6. The second kappa shape index (κ2) is 9.31. The summed E-state index contributed by atoms with van der Waals surface area (Å²) < 4.78 is 35.7. The smallest absolute Gasteiger partial charge is 0.302 e. The fourth-order valence-electron chi connectivity index (χ4n) is 12.1. The van der Waals surface area contributed by atoms with E-state index >= 15 is 0 Å². The molecule has 0 radical (unpaired) electrons. The van der Waals surface area contributed by atoms with Crippen LogP contribution in [0.15, 0.2) is 12.2 Å². The molecule has 5 aliphatic rings. The van der Waals surface area contributed by atoms with E-state index in [1.54, 1.807) is 6.92 Å². The Hall–Kier alpha value is -0.880. The van der Waals surface area contributed by atoms with Gasteiger partial charge in [0.15, 0.2) is 0 Å². The van der Waals surface area contributed by atoms with Crippen LogP contribution < -0.4 is 0 Å². The standard InChI is InChI=1S/C33H54O5S/c1-21(2)23-12-17-33(20-37-39(9,35)36)19-18-31(7)24(28(23)33)10-11-26-30(6)15-14-27(38-22(3)34)29(4,5)25(30)13-16-32(26,31)8/h23-28H,1,10-20H2,2-9H3/t23-,24+,25-,26+,27-,28+,30-,31+,32+,33+/m0/s1. The monoisotopic (exact) mass is 562 g/mol. The Morgan fingerprint density at radius 1 is 0.846 bits per heavy atom. The first-order chi connectivity index (χ1) is 17.9. The molecule has 0 spiro atoms. The minimum Gasteiger partial charge on any atom is -0.462 e. The molecule has 5 saturated carbocycles. The lowest BCUT2D eigenvalue weighted by Crippen LogP contribution is -2.67. The van der Waals surface area contributed by atoms with Gasteiger partial charge in [0, 0.05) is 12.3 Å². The molecule has 0 saturated heterocycles. The fourth-order valence-corrected chi connectivity index (χ4v) is 12.6. The number of allylic oxidation sites excluding steroid dienone is 1. The minimum absolute atomic E-state index is 0.00399. The third kappa shape index (κ3) is 4.31. The van der Waals surface area contributed by atoms with Crippen LogP contribution in [0.3, 0.4) is 0 Å². The summed E-state index contributed by atoms with van der Waals surface area (Å²) in [5.74, 6) is 2.48. The van der Waals surface area contributed by atoms with Gasteiger partial charge in [0.1, 0.15) is 6.10 Å². The van der Waals surface area contributed by atoms with E-state index < -0.39 is 10.1 Å². The molecule has 5 rings (SSSR count).